The van der Waals surface area contributed by atoms with Crippen LogP contribution in [0.1, 0.15) is 18.5 Å². The molecule has 15 heavy (non-hydrogen) atoms. The van der Waals surface area contributed by atoms with Crippen LogP contribution in [0.5, 0.6) is 0 Å². The van der Waals surface area contributed by atoms with E-state index in [0.717, 1.165) is 16.7 Å². The molecule has 76 valence electrons. The molecule has 1 aromatic carbocycles. The fourth-order valence-corrected chi connectivity index (χ4v) is 1.43. The van der Waals surface area contributed by atoms with Gasteiger partial charge in [-0.2, -0.15) is 0 Å². The summed E-state index contributed by atoms with van der Waals surface area (Å²) in [5.74, 6) is 0. The third-order valence-corrected chi connectivity index (χ3v) is 2.33. The van der Waals surface area contributed by atoms with E-state index in [0.29, 0.717) is 0 Å². The van der Waals surface area contributed by atoms with E-state index in [1.54, 1.807) is 12.4 Å². The van der Waals surface area contributed by atoms with E-state index in [2.05, 4.69) is 9.97 Å². The fraction of sp³-hybridized carbons (Fsp3) is 0.167. The van der Waals surface area contributed by atoms with Crippen LogP contribution >= 0.6 is 0 Å². The number of nitrogens with zero attached hydrogens (tertiary/aromatic N) is 2. The lowest BCUT2D eigenvalue weighted by molar-refractivity contribution is 0.818. The summed E-state index contributed by atoms with van der Waals surface area (Å²) in [6.07, 6.45) is 5.13. The first kappa shape index (κ1) is 9.80. The Morgan fingerprint density at radius 2 is 1.60 bits per heavy atom. The zero-order chi connectivity index (χ0) is 10.7. The molecule has 2 aromatic rings. The van der Waals surface area contributed by atoms with Crippen LogP contribution < -0.4 is 5.73 Å². The number of aromatic nitrogens is 2. The molecule has 0 aliphatic carbocycles. The van der Waals surface area contributed by atoms with Gasteiger partial charge in [-0.1, -0.05) is 24.3 Å². The van der Waals surface area contributed by atoms with E-state index in [4.69, 9.17) is 5.73 Å². The fourth-order valence-electron chi connectivity index (χ4n) is 1.43. The minimum Gasteiger partial charge on any atom is -0.324 e. The third-order valence-electron chi connectivity index (χ3n) is 2.33. The molecule has 1 heterocycles. The van der Waals surface area contributed by atoms with Crippen molar-refractivity contribution in [3.05, 3.63) is 48.5 Å². The third kappa shape index (κ3) is 2.19. The smallest absolute Gasteiger partial charge is 0.115 e. The van der Waals surface area contributed by atoms with Crippen molar-refractivity contribution in [1.29, 1.82) is 0 Å². The summed E-state index contributed by atoms with van der Waals surface area (Å²) in [5.41, 5.74) is 9.05. The highest BCUT2D eigenvalue weighted by Crippen LogP contribution is 2.19. The highest BCUT2D eigenvalue weighted by atomic mass is 14.8. The van der Waals surface area contributed by atoms with Crippen LogP contribution in [0.2, 0.25) is 0 Å². The molecule has 0 aliphatic heterocycles. The monoisotopic (exact) mass is 199 g/mol. The normalized spacial score (nSPS) is 12.4. The lowest BCUT2D eigenvalue weighted by atomic mass is 10.0. The van der Waals surface area contributed by atoms with Crippen molar-refractivity contribution in [1.82, 2.24) is 9.97 Å². The van der Waals surface area contributed by atoms with Crippen molar-refractivity contribution in [3.63, 3.8) is 0 Å². The van der Waals surface area contributed by atoms with Gasteiger partial charge in [0.1, 0.15) is 6.33 Å². The molecule has 2 N–H and O–H groups in total. The molecule has 0 unspecified atom stereocenters. The molecule has 0 bridgehead atoms. The summed E-state index contributed by atoms with van der Waals surface area (Å²) in [4.78, 5) is 7.97. The molecule has 1 aromatic heterocycles. The van der Waals surface area contributed by atoms with E-state index < -0.39 is 0 Å². The minimum atomic E-state index is 0.0751. The van der Waals surface area contributed by atoms with Gasteiger partial charge in [-0.3, -0.25) is 0 Å². The highest BCUT2D eigenvalue weighted by molar-refractivity contribution is 5.61. The Hall–Kier alpha value is -1.74. The molecule has 0 radical (unpaired) electrons. The van der Waals surface area contributed by atoms with Crippen molar-refractivity contribution >= 4 is 0 Å². The summed E-state index contributed by atoms with van der Waals surface area (Å²) in [7, 11) is 0. The van der Waals surface area contributed by atoms with E-state index >= 15 is 0 Å². The minimum absolute atomic E-state index is 0.0751. The first-order chi connectivity index (χ1) is 7.27. The van der Waals surface area contributed by atoms with E-state index in [1.807, 2.05) is 31.2 Å². The number of nitrogens with two attached hydrogens (primary N) is 1. The molecule has 0 saturated heterocycles. The molecule has 1 atom stereocenters. The molecule has 2 rings (SSSR count). The van der Waals surface area contributed by atoms with Crippen LogP contribution in [-0.2, 0) is 0 Å². The van der Waals surface area contributed by atoms with Gasteiger partial charge in [0.2, 0.25) is 0 Å². The average molecular weight is 199 g/mol. The van der Waals surface area contributed by atoms with Crippen LogP contribution in [0.4, 0.5) is 0 Å². The maximum absolute atomic E-state index is 5.78. The number of rotatable bonds is 2. The number of benzene rings is 1. The van der Waals surface area contributed by atoms with E-state index in [-0.39, 0.29) is 6.04 Å². The summed E-state index contributed by atoms with van der Waals surface area (Å²) in [5, 5.41) is 0. The van der Waals surface area contributed by atoms with Gasteiger partial charge in [-0.05, 0) is 18.1 Å². The lowest BCUT2D eigenvalue weighted by Crippen LogP contribution is -2.04. The van der Waals surface area contributed by atoms with E-state index in [9.17, 15) is 0 Å². The molecule has 0 spiro atoms. The van der Waals surface area contributed by atoms with Gasteiger partial charge in [-0.15, -0.1) is 0 Å². The molecule has 0 aliphatic rings. The van der Waals surface area contributed by atoms with Crippen LogP contribution in [0.15, 0.2) is 43.0 Å². The standard InChI is InChI=1S/C12H13N3/c1-9(13)10-2-4-11(5-3-10)12-6-14-8-15-7-12/h2-9H,13H2,1H3/t9-/m0/s1. The summed E-state index contributed by atoms with van der Waals surface area (Å²) < 4.78 is 0. The Morgan fingerprint density at radius 3 is 2.13 bits per heavy atom. The van der Waals surface area contributed by atoms with Gasteiger partial charge in [0, 0.05) is 24.0 Å². The summed E-state index contributed by atoms with van der Waals surface area (Å²) >= 11 is 0. The average Bonchev–Trinajstić information content (AvgIpc) is 2.30. The van der Waals surface area contributed by atoms with Crippen molar-refractivity contribution in [3.8, 4) is 11.1 Å². The van der Waals surface area contributed by atoms with Gasteiger partial charge in [0.15, 0.2) is 0 Å². The molecule has 3 nitrogen and oxygen atoms in total. The second-order valence-corrected chi connectivity index (χ2v) is 3.54. The SMILES string of the molecule is C[C@H](N)c1ccc(-c2cncnc2)cc1. The molecule has 3 heteroatoms. The topological polar surface area (TPSA) is 51.8 Å². The molecule has 0 saturated carbocycles. The number of hydrogen-bond donors (Lipinski definition) is 1. The second kappa shape index (κ2) is 4.19. The number of hydrogen-bond acceptors (Lipinski definition) is 3. The maximum Gasteiger partial charge on any atom is 0.115 e. The predicted octanol–water partition coefficient (Wildman–Crippen LogP) is 2.16. The van der Waals surface area contributed by atoms with Crippen LogP contribution in [0, 0.1) is 0 Å². The molecule has 0 fully saturated rings. The predicted molar refractivity (Wildman–Crippen MR) is 60.1 cm³/mol. The first-order valence-electron chi connectivity index (χ1n) is 4.88. The van der Waals surface area contributed by atoms with Crippen molar-refractivity contribution in [2.75, 3.05) is 0 Å². The molecular weight excluding hydrogens is 186 g/mol. The van der Waals surface area contributed by atoms with Crippen molar-refractivity contribution in [2.45, 2.75) is 13.0 Å². The van der Waals surface area contributed by atoms with Gasteiger partial charge in [0.05, 0.1) is 0 Å². The zero-order valence-corrected chi connectivity index (χ0v) is 8.59. The molecular formula is C12H13N3. The Bertz CT molecular complexity index is 420. The van der Waals surface area contributed by atoms with E-state index in [1.165, 1.54) is 6.33 Å². The lowest BCUT2D eigenvalue weighted by Gasteiger charge is -2.06. The largest absolute Gasteiger partial charge is 0.324 e. The Kier molecular flexibility index (Phi) is 2.74. The Morgan fingerprint density at radius 1 is 1.00 bits per heavy atom. The second-order valence-electron chi connectivity index (χ2n) is 3.54. The van der Waals surface area contributed by atoms with Crippen LogP contribution in [0.3, 0.4) is 0 Å². The van der Waals surface area contributed by atoms with Crippen LogP contribution in [0.25, 0.3) is 11.1 Å². The Balaban J connectivity index is 2.32. The zero-order valence-electron chi connectivity index (χ0n) is 8.59. The van der Waals surface area contributed by atoms with Gasteiger partial charge < -0.3 is 5.73 Å². The summed E-state index contributed by atoms with van der Waals surface area (Å²) in [6, 6.07) is 8.22. The van der Waals surface area contributed by atoms with Gasteiger partial charge in [-0.25, -0.2) is 9.97 Å². The van der Waals surface area contributed by atoms with Crippen molar-refractivity contribution < 1.29 is 0 Å². The first-order valence-corrected chi connectivity index (χ1v) is 4.88. The quantitative estimate of drug-likeness (QED) is 0.806. The van der Waals surface area contributed by atoms with Gasteiger partial charge in [0.25, 0.3) is 0 Å². The maximum atomic E-state index is 5.78. The van der Waals surface area contributed by atoms with Crippen LogP contribution in [-0.4, -0.2) is 9.97 Å². The summed E-state index contributed by atoms with van der Waals surface area (Å²) in [6.45, 7) is 1.97. The Labute approximate surface area is 89.0 Å². The van der Waals surface area contributed by atoms with Gasteiger partial charge >= 0.3 is 0 Å². The highest BCUT2D eigenvalue weighted by Gasteiger charge is 2.00. The van der Waals surface area contributed by atoms with Crippen molar-refractivity contribution in [2.24, 2.45) is 5.73 Å². The molecule has 0 amide bonds.